The number of nitrogens with one attached hydrogen (secondary N) is 2. The summed E-state index contributed by atoms with van der Waals surface area (Å²) in [6.07, 6.45) is -0.113. The topological polar surface area (TPSA) is 114 Å². The average Bonchev–Trinajstić information content (AvgIpc) is 2.28. The molecule has 122 valence electrons. The number of nitrogens with zero attached hydrogens (tertiary/aromatic N) is 1. The molecular weight excluding hydrogens is 316 g/mol. The summed E-state index contributed by atoms with van der Waals surface area (Å²) >= 11 is 4.84. The molecule has 0 unspecified atom stereocenters. The van der Waals surface area contributed by atoms with E-state index in [-0.39, 0.29) is 12.1 Å². The van der Waals surface area contributed by atoms with Crippen molar-refractivity contribution in [3.63, 3.8) is 0 Å². The second-order valence-corrected chi connectivity index (χ2v) is 7.17. The highest BCUT2D eigenvalue weighted by molar-refractivity contribution is 7.88. The Labute approximate surface area is 130 Å². The predicted octanol–water partition coefficient (Wildman–Crippen LogP) is -0.294. The van der Waals surface area contributed by atoms with Gasteiger partial charge in [0.2, 0.25) is 0 Å². The van der Waals surface area contributed by atoms with E-state index in [1.807, 2.05) is 4.72 Å². The summed E-state index contributed by atoms with van der Waals surface area (Å²) in [5.74, 6) is 0. The lowest BCUT2D eigenvalue weighted by molar-refractivity contribution is 0.121. The van der Waals surface area contributed by atoms with Crippen LogP contribution in [-0.2, 0) is 14.9 Å². The van der Waals surface area contributed by atoms with Gasteiger partial charge in [-0.15, -0.1) is 0 Å². The number of piperidine rings is 1. The summed E-state index contributed by atoms with van der Waals surface area (Å²) in [6, 6.07) is -0.225. The van der Waals surface area contributed by atoms with Gasteiger partial charge in [0.15, 0.2) is 0 Å². The molecule has 0 spiro atoms. The SMILES string of the molecule is CC(C)OC(=O)NS(=O)(=O)NC1CCN(CC(N)=S)CC1. The van der Waals surface area contributed by atoms with Gasteiger partial charge in [0, 0.05) is 25.7 Å². The summed E-state index contributed by atoms with van der Waals surface area (Å²) in [6.45, 7) is 5.20. The monoisotopic (exact) mass is 338 g/mol. The summed E-state index contributed by atoms with van der Waals surface area (Å²) in [4.78, 5) is 13.8. The maximum Gasteiger partial charge on any atom is 0.422 e. The fourth-order valence-corrected chi connectivity index (χ4v) is 3.21. The molecule has 0 aromatic carbocycles. The third-order valence-corrected chi connectivity index (χ3v) is 4.06. The van der Waals surface area contributed by atoms with E-state index in [0.29, 0.717) is 37.5 Å². The van der Waals surface area contributed by atoms with Crippen LogP contribution >= 0.6 is 12.2 Å². The summed E-state index contributed by atoms with van der Waals surface area (Å²) in [5.41, 5.74) is 5.47. The second kappa shape index (κ2) is 7.87. The van der Waals surface area contributed by atoms with Gasteiger partial charge in [0.05, 0.1) is 11.1 Å². The van der Waals surface area contributed by atoms with E-state index in [9.17, 15) is 13.2 Å². The lowest BCUT2D eigenvalue weighted by atomic mass is 10.1. The number of hydrogen-bond donors (Lipinski definition) is 3. The van der Waals surface area contributed by atoms with Crippen LogP contribution in [0.3, 0.4) is 0 Å². The van der Waals surface area contributed by atoms with Crippen LogP contribution in [0.1, 0.15) is 26.7 Å². The van der Waals surface area contributed by atoms with Crippen molar-refractivity contribution in [2.45, 2.75) is 38.8 Å². The van der Waals surface area contributed by atoms with Crippen molar-refractivity contribution in [1.82, 2.24) is 14.3 Å². The van der Waals surface area contributed by atoms with E-state index in [1.54, 1.807) is 13.8 Å². The highest BCUT2D eigenvalue weighted by Crippen LogP contribution is 2.10. The number of carbonyl (C=O) groups is 1. The van der Waals surface area contributed by atoms with Gasteiger partial charge in [-0.05, 0) is 26.7 Å². The van der Waals surface area contributed by atoms with Crippen LogP contribution in [0, 0.1) is 0 Å². The van der Waals surface area contributed by atoms with Gasteiger partial charge in [0.25, 0.3) is 0 Å². The van der Waals surface area contributed by atoms with Gasteiger partial charge >= 0.3 is 16.3 Å². The third-order valence-electron chi connectivity index (χ3n) is 2.85. The van der Waals surface area contributed by atoms with E-state index >= 15 is 0 Å². The molecule has 0 saturated carbocycles. The molecule has 0 aromatic rings. The van der Waals surface area contributed by atoms with E-state index in [0.717, 1.165) is 0 Å². The molecule has 21 heavy (non-hydrogen) atoms. The van der Waals surface area contributed by atoms with Gasteiger partial charge in [0.1, 0.15) is 0 Å². The number of likely N-dealkylation sites (tertiary alicyclic amines) is 1. The number of ether oxygens (including phenoxy) is 1. The van der Waals surface area contributed by atoms with Gasteiger partial charge in [-0.25, -0.2) is 9.52 Å². The average molecular weight is 338 g/mol. The van der Waals surface area contributed by atoms with Crippen molar-refractivity contribution in [3.05, 3.63) is 0 Å². The number of rotatable bonds is 6. The lowest BCUT2D eigenvalue weighted by Gasteiger charge is -2.31. The van der Waals surface area contributed by atoms with Crippen LogP contribution in [0.15, 0.2) is 0 Å². The molecule has 1 aliphatic rings. The minimum atomic E-state index is -3.91. The van der Waals surface area contributed by atoms with Crippen LogP contribution in [0.25, 0.3) is 0 Å². The Balaban J connectivity index is 2.40. The first-order valence-corrected chi connectivity index (χ1v) is 8.58. The number of carbonyl (C=O) groups excluding carboxylic acids is 1. The number of amides is 1. The van der Waals surface area contributed by atoms with Crippen molar-refractivity contribution in [2.24, 2.45) is 5.73 Å². The predicted molar refractivity (Wildman–Crippen MR) is 83.1 cm³/mol. The quantitative estimate of drug-likeness (QED) is 0.570. The number of thiocarbonyl (C=S) groups is 1. The summed E-state index contributed by atoms with van der Waals surface area (Å²) < 4.78 is 32.5. The zero-order valence-electron chi connectivity index (χ0n) is 12.2. The fourth-order valence-electron chi connectivity index (χ4n) is 2.03. The van der Waals surface area contributed by atoms with Gasteiger partial charge in [-0.3, -0.25) is 4.90 Å². The van der Waals surface area contributed by atoms with E-state index in [1.165, 1.54) is 0 Å². The van der Waals surface area contributed by atoms with E-state index in [2.05, 4.69) is 9.62 Å². The highest BCUT2D eigenvalue weighted by Gasteiger charge is 2.25. The molecule has 8 nitrogen and oxygen atoms in total. The summed E-state index contributed by atoms with van der Waals surface area (Å²) in [5, 5.41) is 0. The Bertz CT molecular complexity index is 473. The van der Waals surface area contributed by atoms with E-state index in [4.69, 9.17) is 22.7 Å². The van der Waals surface area contributed by atoms with Gasteiger partial charge in [-0.2, -0.15) is 13.1 Å². The van der Waals surface area contributed by atoms with Crippen LogP contribution in [0.5, 0.6) is 0 Å². The molecule has 1 rings (SSSR count). The van der Waals surface area contributed by atoms with Crippen molar-refractivity contribution in [2.75, 3.05) is 19.6 Å². The molecule has 0 atom stereocenters. The first kappa shape index (κ1) is 18.1. The van der Waals surface area contributed by atoms with Crippen molar-refractivity contribution >= 4 is 33.5 Å². The Morgan fingerprint density at radius 1 is 1.43 bits per heavy atom. The first-order chi connectivity index (χ1) is 9.68. The molecule has 10 heteroatoms. The Hall–Kier alpha value is -0.970. The molecule has 0 aromatic heterocycles. The Morgan fingerprint density at radius 3 is 2.48 bits per heavy atom. The smallest absolute Gasteiger partial charge is 0.422 e. The van der Waals surface area contributed by atoms with Gasteiger partial charge in [-0.1, -0.05) is 12.2 Å². The molecule has 1 aliphatic heterocycles. The highest BCUT2D eigenvalue weighted by atomic mass is 32.2. The molecular formula is C11H22N4O4S2. The maximum absolute atomic E-state index is 11.8. The van der Waals surface area contributed by atoms with Crippen molar-refractivity contribution < 1.29 is 17.9 Å². The minimum Gasteiger partial charge on any atom is -0.446 e. The summed E-state index contributed by atoms with van der Waals surface area (Å²) in [7, 11) is -3.91. The molecule has 1 amide bonds. The normalized spacial score (nSPS) is 17.7. The van der Waals surface area contributed by atoms with E-state index < -0.39 is 16.3 Å². The standard InChI is InChI=1S/C11H22N4O4S2/c1-8(2)19-11(16)14-21(17,18)13-9-3-5-15(6-4-9)7-10(12)20/h8-9,13H,3-7H2,1-2H3,(H2,12,20)(H,14,16). The second-order valence-electron chi connectivity index (χ2n) is 5.19. The van der Waals surface area contributed by atoms with Crippen molar-refractivity contribution in [1.29, 1.82) is 0 Å². The van der Waals surface area contributed by atoms with Crippen LogP contribution in [0.4, 0.5) is 4.79 Å². The van der Waals surface area contributed by atoms with Crippen LogP contribution in [0.2, 0.25) is 0 Å². The molecule has 1 fully saturated rings. The minimum absolute atomic E-state index is 0.225. The largest absolute Gasteiger partial charge is 0.446 e. The number of nitrogens with two attached hydrogens (primary N) is 1. The van der Waals surface area contributed by atoms with Gasteiger partial charge < -0.3 is 10.5 Å². The lowest BCUT2D eigenvalue weighted by Crippen LogP contribution is -2.50. The number of hydrogen-bond acceptors (Lipinski definition) is 6. The van der Waals surface area contributed by atoms with Crippen LogP contribution < -0.4 is 15.2 Å². The first-order valence-electron chi connectivity index (χ1n) is 6.69. The molecule has 0 bridgehead atoms. The molecule has 1 saturated heterocycles. The third kappa shape index (κ3) is 7.55. The molecule has 1 heterocycles. The fraction of sp³-hybridized carbons (Fsp3) is 0.818. The molecule has 0 radical (unpaired) electrons. The Kier molecular flexibility index (Phi) is 6.78. The van der Waals surface area contributed by atoms with Crippen molar-refractivity contribution in [3.8, 4) is 0 Å². The molecule has 0 aliphatic carbocycles. The molecule has 4 N–H and O–H groups in total. The zero-order chi connectivity index (χ0) is 16.0. The maximum atomic E-state index is 11.8. The van der Waals surface area contributed by atoms with Crippen LogP contribution in [-0.4, -0.2) is 56.2 Å². The zero-order valence-corrected chi connectivity index (χ0v) is 13.8. The Morgan fingerprint density at radius 2 is 2.00 bits per heavy atom.